The smallest absolute Gasteiger partial charge is 0.163 e. The quantitative estimate of drug-likeness (QED) is 0.711. The third kappa shape index (κ3) is 3.19. The van der Waals surface area contributed by atoms with Crippen molar-refractivity contribution in [3.8, 4) is 0 Å². The zero-order valence-electron chi connectivity index (χ0n) is 16.0. The summed E-state index contributed by atoms with van der Waals surface area (Å²) in [7, 11) is 1.98. The minimum Gasteiger partial charge on any atom is -0.356 e. The standard InChI is InChI=1S/C20H27N7/c1-25-19-17(11-22-25)20(24-18(23-19)16-6-2-3-7-16)27-9-4-5-15(13-27)12-26-10-8-21-14-26/h8,10-11,14-16H,2-7,9,12-13H2,1H3/t15-/m1/s1. The summed E-state index contributed by atoms with van der Waals surface area (Å²) in [6, 6.07) is 0. The molecule has 1 atom stereocenters. The molecule has 1 saturated heterocycles. The molecule has 27 heavy (non-hydrogen) atoms. The van der Waals surface area contributed by atoms with Crippen LogP contribution in [-0.2, 0) is 13.6 Å². The van der Waals surface area contributed by atoms with Crippen LogP contribution in [0.5, 0.6) is 0 Å². The number of fused-ring (bicyclic) bond motifs is 1. The number of rotatable bonds is 4. The van der Waals surface area contributed by atoms with E-state index in [1.807, 2.05) is 30.5 Å². The highest BCUT2D eigenvalue weighted by Crippen LogP contribution is 2.35. The second kappa shape index (κ2) is 6.94. The van der Waals surface area contributed by atoms with Crippen molar-refractivity contribution in [3.05, 3.63) is 30.7 Å². The van der Waals surface area contributed by atoms with E-state index < -0.39 is 0 Å². The Labute approximate surface area is 159 Å². The van der Waals surface area contributed by atoms with Gasteiger partial charge in [-0.2, -0.15) is 5.10 Å². The van der Waals surface area contributed by atoms with E-state index in [0.29, 0.717) is 11.8 Å². The summed E-state index contributed by atoms with van der Waals surface area (Å²) in [4.78, 5) is 16.6. The number of hydrogen-bond acceptors (Lipinski definition) is 5. The maximum Gasteiger partial charge on any atom is 0.163 e. The molecule has 7 nitrogen and oxygen atoms in total. The number of aromatic nitrogens is 6. The number of nitrogens with zero attached hydrogens (tertiary/aromatic N) is 7. The van der Waals surface area contributed by atoms with Crippen LogP contribution in [0.4, 0.5) is 5.82 Å². The van der Waals surface area contributed by atoms with Crippen molar-refractivity contribution >= 4 is 16.9 Å². The topological polar surface area (TPSA) is 64.7 Å². The number of imidazole rings is 1. The Morgan fingerprint density at radius 3 is 2.81 bits per heavy atom. The van der Waals surface area contributed by atoms with Crippen LogP contribution in [0.15, 0.2) is 24.9 Å². The second-order valence-corrected chi connectivity index (χ2v) is 8.11. The van der Waals surface area contributed by atoms with E-state index in [1.165, 1.54) is 38.5 Å². The van der Waals surface area contributed by atoms with Crippen LogP contribution in [0.3, 0.4) is 0 Å². The molecule has 0 bridgehead atoms. The first-order chi connectivity index (χ1) is 13.3. The fraction of sp³-hybridized carbons (Fsp3) is 0.600. The van der Waals surface area contributed by atoms with E-state index in [4.69, 9.17) is 9.97 Å². The highest BCUT2D eigenvalue weighted by Gasteiger charge is 2.27. The summed E-state index contributed by atoms with van der Waals surface area (Å²) in [6.07, 6.45) is 15.2. The van der Waals surface area contributed by atoms with Crippen molar-refractivity contribution in [1.29, 1.82) is 0 Å². The highest BCUT2D eigenvalue weighted by atomic mass is 15.3. The largest absolute Gasteiger partial charge is 0.356 e. The van der Waals surface area contributed by atoms with Gasteiger partial charge in [-0.25, -0.2) is 15.0 Å². The van der Waals surface area contributed by atoms with E-state index in [2.05, 4.69) is 25.7 Å². The first kappa shape index (κ1) is 16.7. The van der Waals surface area contributed by atoms with Gasteiger partial charge in [0.25, 0.3) is 0 Å². The monoisotopic (exact) mass is 365 g/mol. The Balaban J connectivity index is 1.47. The van der Waals surface area contributed by atoms with Crippen LogP contribution < -0.4 is 4.90 Å². The van der Waals surface area contributed by atoms with Crippen molar-refractivity contribution in [3.63, 3.8) is 0 Å². The summed E-state index contributed by atoms with van der Waals surface area (Å²) in [5, 5.41) is 5.56. The van der Waals surface area contributed by atoms with Gasteiger partial charge in [0.2, 0.25) is 0 Å². The molecule has 0 N–H and O–H groups in total. The van der Waals surface area contributed by atoms with Gasteiger partial charge in [0.15, 0.2) is 5.65 Å². The molecule has 0 aromatic carbocycles. The Morgan fingerprint density at radius 1 is 1.11 bits per heavy atom. The van der Waals surface area contributed by atoms with E-state index >= 15 is 0 Å². The molecule has 3 aromatic rings. The van der Waals surface area contributed by atoms with Gasteiger partial charge in [-0.05, 0) is 31.6 Å². The van der Waals surface area contributed by atoms with Crippen LogP contribution in [0.1, 0.15) is 50.3 Å². The molecule has 3 aromatic heterocycles. The second-order valence-electron chi connectivity index (χ2n) is 8.11. The maximum absolute atomic E-state index is 5.09. The van der Waals surface area contributed by atoms with Gasteiger partial charge in [-0.3, -0.25) is 4.68 Å². The summed E-state index contributed by atoms with van der Waals surface area (Å²) >= 11 is 0. The molecule has 7 heteroatoms. The number of piperidine rings is 1. The summed E-state index contributed by atoms with van der Waals surface area (Å²) in [5.41, 5.74) is 0.971. The predicted octanol–water partition coefficient (Wildman–Crippen LogP) is 3.13. The molecule has 0 spiro atoms. The Bertz CT molecular complexity index is 908. The molecule has 2 fully saturated rings. The lowest BCUT2D eigenvalue weighted by molar-refractivity contribution is 0.365. The van der Waals surface area contributed by atoms with Gasteiger partial charge in [0.05, 0.1) is 17.9 Å². The molecule has 0 unspecified atom stereocenters. The molecule has 1 saturated carbocycles. The van der Waals surface area contributed by atoms with Crippen LogP contribution in [0.2, 0.25) is 0 Å². The Kier molecular flexibility index (Phi) is 4.30. The first-order valence-electron chi connectivity index (χ1n) is 10.2. The van der Waals surface area contributed by atoms with Gasteiger partial charge >= 0.3 is 0 Å². The van der Waals surface area contributed by atoms with Gasteiger partial charge < -0.3 is 9.47 Å². The minimum absolute atomic E-state index is 0.509. The first-order valence-corrected chi connectivity index (χ1v) is 10.2. The summed E-state index contributed by atoms with van der Waals surface area (Å²) in [5.74, 6) is 3.24. The zero-order chi connectivity index (χ0) is 18.2. The van der Waals surface area contributed by atoms with Gasteiger partial charge in [-0.15, -0.1) is 0 Å². The number of hydrogen-bond donors (Lipinski definition) is 0. The van der Waals surface area contributed by atoms with Crippen molar-refractivity contribution < 1.29 is 0 Å². The highest BCUT2D eigenvalue weighted by molar-refractivity contribution is 5.87. The fourth-order valence-corrected chi connectivity index (χ4v) is 4.73. The third-order valence-corrected chi connectivity index (χ3v) is 6.16. The van der Waals surface area contributed by atoms with Crippen molar-refractivity contribution in [2.24, 2.45) is 13.0 Å². The SMILES string of the molecule is Cn1ncc2c(N3CCC[C@H](Cn4ccnc4)C3)nc(C3CCCC3)nc21. The number of aryl methyl sites for hydroxylation is 1. The lowest BCUT2D eigenvalue weighted by Crippen LogP contribution is -2.37. The molecule has 142 valence electrons. The molecular formula is C20H27N7. The lowest BCUT2D eigenvalue weighted by atomic mass is 9.97. The van der Waals surface area contributed by atoms with Gasteiger partial charge in [0, 0.05) is 45.0 Å². The molecule has 1 aliphatic carbocycles. The van der Waals surface area contributed by atoms with Crippen LogP contribution >= 0.6 is 0 Å². The Morgan fingerprint density at radius 2 is 2.00 bits per heavy atom. The lowest BCUT2D eigenvalue weighted by Gasteiger charge is -2.34. The molecular weight excluding hydrogens is 338 g/mol. The Hall–Kier alpha value is -2.44. The third-order valence-electron chi connectivity index (χ3n) is 6.16. The minimum atomic E-state index is 0.509. The van der Waals surface area contributed by atoms with Crippen molar-refractivity contribution in [1.82, 2.24) is 29.3 Å². The predicted molar refractivity (Wildman–Crippen MR) is 105 cm³/mol. The molecule has 4 heterocycles. The number of anilines is 1. The van der Waals surface area contributed by atoms with E-state index in [9.17, 15) is 0 Å². The van der Waals surface area contributed by atoms with Gasteiger partial charge in [0.1, 0.15) is 11.6 Å². The summed E-state index contributed by atoms with van der Waals surface area (Å²) < 4.78 is 4.09. The van der Waals surface area contributed by atoms with Gasteiger partial charge in [-0.1, -0.05) is 12.8 Å². The van der Waals surface area contributed by atoms with E-state index in [0.717, 1.165) is 42.3 Å². The van der Waals surface area contributed by atoms with Crippen LogP contribution in [0, 0.1) is 5.92 Å². The van der Waals surface area contributed by atoms with E-state index in [1.54, 1.807) is 0 Å². The van der Waals surface area contributed by atoms with Crippen LogP contribution in [-0.4, -0.2) is 42.4 Å². The molecule has 1 aliphatic heterocycles. The molecule has 0 amide bonds. The van der Waals surface area contributed by atoms with Crippen LogP contribution in [0.25, 0.3) is 11.0 Å². The van der Waals surface area contributed by atoms with Crippen molar-refractivity contribution in [2.45, 2.75) is 51.0 Å². The molecule has 2 aliphatic rings. The molecule has 5 rings (SSSR count). The molecule has 0 radical (unpaired) electrons. The van der Waals surface area contributed by atoms with Crippen molar-refractivity contribution in [2.75, 3.05) is 18.0 Å². The summed E-state index contributed by atoms with van der Waals surface area (Å²) in [6.45, 7) is 3.11. The normalized spacial score (nSPS) is 21.4. The fourth-order valence-electron chi connectivity index (χ4n) is 4.73. The average Bonchev–Trinajstić information content (AvgIpc) is 3.44. The average molecular weight is 365 g/mol. The maximum atomic E-state index is 5.09. The van der Waals surface area contributed by atoms with E-state index in [-0.39, 0.29) is 0 Å². The zero-order valence-corrected chi connectivity index (χ0v) is 16.0.